The summed E-state index contributed by atoms with van der Waals surface area (Å²) in [5.41, 5.74) is -2.52. The van der Waals surface area contributed by atoms with Crippen LogP contribution in [0.25, 0.3) is 0 Å². The van der Waals surface area contributed by atoms with Gasteiger partial charge in [-0.3, -0.25) is 9.59 Å². The molecule has 2 bridgehead atoms. The van der Waals surface area contributed by atoms with Gasteiger partial charge in [0, 0.05) is 17.9 Å². The van der Waals surface area contributed by atoms with Gasteiger partial charge in [-0.05, 0) is 62.5 Å². The predicted octanol–water partition coefficient (Wildman–Crippen LogP) is 4.11. The number of carbonyl (C=O) groups excluding carboxylic acids is 2. The van der Waals surface area contributed by atoms with Crippen LogP contribution in [-0.4, -0.2) is 34.7 Å². The van der Waals surface area contributed by atoms with Gasteiger partial charge in [0.05, 0.1) is 23.2 Å². The number of aliphatic hydroxyl groups is 1. The van der Waals surface area contributed by atoms with Crippen molar-refractivity contribution in [3.63, 3.8) is 0 Å². The van der Waals surface area contributed by atoms with Crippen molar-refractivity contribution in [2.45, 2.75) is 82.1 Å². The zero-order valence-corrected chi connectivity index (χ0v) is 18.7. The van der Waals surface area contributed by atoms with E-state index in [2.05, 4.69) is 10.6 Å². The van der Waals surface area contributed by atoms with E-state index in [0.717, 1.165) is 12.1 Å². The van der Waals surface area contributed by atoms with Gasteiger partial charge in [-0.2, -0.15) is 0 Å². The van der Waals surface area contributed by atoms with Gasteiger partial charge in [0.1, 0.15) is 17.3 Å². The first-order chi connectivity index (χ1) is 15.1. The van der Waals surface area contributed by atoms with E-state index in [9.17, 15) is 23.5 Å². The van der Waals surface area contributed by atoms with Crippen LogP contribution >= 0.6 is 11.6 Å². The molecule has 0 aromatic heterocycles. The minimum Gasteiger partial charge on any atom is -0.391 e. The molecular formula is C23H28ClF3N2O3. The molecule has 3 aliphatic carbocycles. The van der Waals surface area contributed by atoms with Crippen LogP contribution in [0.15, 0.2) is 12.1 Å². The lowest BCUT2D eigenvalue weighted by molar-refractivity contribution is -0.127. The number of amides is 2. The number of rotatable bonds is 6. The molecule has 0 saturated heterocycles. The summed E-state index contributed by atoms with van der Waals surface area (Å²) in [6, 6.07) is 0.531. The molecule has 4 rings (SSSR count). The third kappa shape index (κ3) is 4.12. The molecule has 9 heteroatoms. The van der Waals surface area contributed by atoms with Crippen LogP contribution in [0.5, 0.6) is 0 Å². The molecule has 0 heterocycles. The monoisotopic (exact) mass is 472 g/mol. The average molecular weight is 473 g/mol. The molecule has 5 nitrogen and oxygen atoms in total. The van der Waals surface area contributed by atoms with Gasteiger partial charge in [-0.25, -0.2) is 13.2 Å². The zero-order chi connectivity index (χ0) is 23.3. The molecule has 1 aromatic rings. The summed E-state index contributed by atoms with van der Waals surface area (Å²) in [4.78, 5) is 24.9. The fourth-order valence-electron chi connectivity index (χ4n) is 5.86. The van der Waals surface area contributed by atoms with Gasteiger partial charge in [0.15, 0.2) is 0 Å². The summed E-state index contributed by atoms with van der Waals surface area (Å²) >= 11 is 5.93. The van der Waals surface area contributed by atoms with Gasteiger partial charge in [-0.15, -0.1) is 0 Å². The molecule has 32 heavy (non-hydrogen) atoms. The van der Waals surface area contributed by atoms with Crippen LogP contribution in [-0.2, 0) is 9.59 Å². The number of hydrogen-bond acceptors (Lipinski definition) is 3. The minimum atomic E-state index is -1.38. The van der Waals surface area contributed by atoms with E-state index in [4.69, 9.17) is 11.6 Å². The first-order valence-corrected chi connectivity index (χ1v) is 11.6. The van der Waals surface area contributed by atoms with E-state index in [1.54, 1.807) is 6.92 Å². The highest BCUT2D eigenvalue weighted by atomic mass is 35.5. The Balaban J connectivity index is 1.61. The van der Waals surface area contributed by atoms with E-state index in [1.807, 2.05) is 0 Å². The topological polar surface area (TPSA) is 78.4 Å². The van der Waals surface area contributed by atoms with E-state index >= 15 is 4.39 Å². The van der Waals surface area contributed by atoms with E-state index < -0.39 is 52.7 Å². The van der Waals surface area contributed by atoms with Crippen LogP contribution in [0, 0.1) is 23.0 Å². The molecule has 0 aliphatic heterocycles. The SMILES string of the molecule is CCC(=O)NC1CC(C(=O)NC(c2c(F)ccc(Cl)c2F)C23CCC(F)(CC2)C3)CC1O. The quantitative estimate of drug-likeness (QED) is 0.545. The third-order valence-electron chi connectivity index (χ3n) is 7.65. The van der Waals surface area contributed by atoms with Gasteiger partial charge < -0.3 is 15.7 Å². The highest BCUT2D eigenvalue weighted by Crippen LogP contribution is 2.63. The maximum atomic E-state index is 15.0. The van der Waals surface area contributed by atoms with Crippen molar-refractivity contribution in [1.29, 1.82) is 0 Å². The van der Waals surface area contributed by atoms with Gasteiger partial charge in [0.2, 0.25) is 11.8 Å². The van der Waals surface area contributed by atoms with Crippen LogP contribution in [0.3, 0.4) is 0 Å². The maximum Gasteiger partial charge on any atom is 0.223 e. The Kier molecular flexibility index (Phi) is 6.22. The maximum absolute atomic E-state index is 15.0. The Morgan fingerprint density at radius 1 is 1.22 bits per heavy atom. The molecule has 3 fully saturated rings. The van der Waals surface area contributed by atoms with Crippen molar-refractivity contribution in [1.82, 2.24) is 10.6 Å². The van der Waals surface area contributed by atoms with Crippen molar-refractivity contribution in [2.24, 2.45) is 11.3 Å². The minimum absolute atomic E-state index is 0.119. The van der Waals surface area contributed by atoms with Crippen LogP contribution in [0.1, 0.15) is 69.9 Å². The summed E-state index contributed by atoms with van der Waals surface area (Å²) in [6.45, 7) is 1.69. The summed E-state index contributed by atoms with van der Waals surface area (Å²) < 4.78 is 44.8. The number of alkyl halides is 1. The zero-order valence-electron chi connectivity index (χ0n) is 17.9. The molecule has 3 aliphatic rings. The van der Waals surface area contributed by atoms with Crippen LogP contribution in [0.2, 0.25) is 5.02 Å². The Hall–Kier alpha value is -1.80. The molecule has 3 N–H and O–H groups in total. The summed E-state index contributed by atoms with van der Waals surface area (Å²) in [5, 5.41) is 15.5. The van der Waals surface area contributed by atoms with Crippen molar-refractivity contribution >= 4 is 23.4 Å². The fraction of sp³-hybridized carbons (Fsp3) is 0.652. The number of carbonyl (C=O) groups is 2. The van der Waals surface area contributed by atoms with E-state index in [-0.39, 0.29) is 55.0 Å². The van der Waals surface area contributed by atoms with E-state index in [0.29, 0.717) is 12.8 Å². The second-order valence-electron chi connectivity index (χ2n) is 9.65. The Morgan fingerprint density at radius 2 is 1.91 bits per heavy atom. The summed E-state index contributed by atoms with van der Waals surface area (Å²) in [5.74, 6) is -3.14. The number of benzene rings is 1. The first kappa shape index (κ1) is 23.4. The van der Waals surface area contributed by atoms with Gasteiger partial charge in [-0.1, -0.05) is 18.5 Å². The van der Waals surface area contributed by atoms with Crippen LogP contribution < -0.4 is 10.6 Å². The smallest absolute Gasteiger partial charge is 0.223 e. The molecule has 2 amide bonds. The molecular weight excluding hydrogens is 445 g/mol. The fourth-order valence-corrected chi connectivity index (χ4v) is 6.03. The van der Waals surface area contributed by atoms with Crippen LogP contribution in [0.4, 0.5) is 13.2 Å². The second-order valence-corrected chi connectivity index (χ2v) is 10.1. The number of fused-ring (bicyclic) bond motifs is 2. The molecule has 176 valence electrons. The summed E-state index contributed by atoms with van der Waals surface area (Å²) in [6.07, 6.45) is 1.20. The van der Waals surface area contributed by atoms with Crippen molar-refractivity contribution < 1.29 is 27.9 Å². The van der Waals surface area contributed by atoms with Crippen molar-refractivity contribution in [2.75, 3.05) is 0 Å². The molecule has 0 spiro atoms. The number of aliphatic hydroxyl groups excluding tert-OH is 1. The number of hydrogen-bond donors (Lipinski definition) is 3. The molecule has 1 aromatic carbocycles. The normalized spacial score (nSPS) is 34.5. The first-order valence-electron chi connectivity index (χ1n) is 11.2. The highest BCUT2D eigenvalue weighted by Gasteiger charge is 2.59. The predicted molar refractivity (Wildman–Crippen MR) is 113 cm³/mol. The molecule has 4 unspecified atom stereocenters. The van der Waals surface area contributed by atoms with Gasteiger partial charge >= 0.3 is 0 Å². The van der Waals surface area contributed by atoms with Crippen molar-refractivity contribution in [3.05, 3.63) is 34.4 Å². The molecule has 0 radical (unpaired) electrons. The summed E-state index contributed by atoms with van der Waals surface area (Å²) in [7, 11) is 0. The lowest BCUT2D eigenvalue weighted by Crippen LogP contribution is -2.43. The second kappa shape index (κ2) is 8.52. The molecule has 4 atom stereocenters. The van der Waals surface area contributed by atoms with E-state index in [1.165, 1.54) is 0 Å². The standard InChI is InChI=1S/C23H28ClF3N2O3/c1-2-17(31)28-15-9-12(10-16(15)30)21(32)29-20(18-14(25)4-3-13(24)19(18)26)22-5-7-23(27,11-22)8-6-22/h3-4,12,15-16,20,30H,2,5-11H2,1H3,(H,28,31)(H,29,32). The lowest BCUT2D eigenvalue weighted by atomic mass is 9.74. The molecule has 3 saturated carbocycles. The third-order valence-corrected chi connectivity index (χ3v) is 7.94. The lowest BCUT2D eigenvalue weighted by Gasteiger charge is -2.37. The van der Waals surface area contributed by atoms with Gasteiger partial charge in [0.25, 0.3) is 0 Å². The highest BCUT2D eigenvalue weighted by molar-refractivity contribution is 6.30. The Bertz CT molecular complexity index is 920. The Labute approximate surface area is 190 Å². The average Bonchev–Trinajstić information content (AvgIpc) is 3.41. The number of nitrogens with one attached hydrogen (secondary N) is 2. The Morgan fingerprint density at radius 3 is 2.50 bits per heavy atom. The number of halogens is 4. The largest absolute Gasteiger partial charge is 0.391 e. The van der Waals surface area contributed by atoms with Crippen molar-refractivity contribution in [3.8, 4) is 0 Å².